The summed E-state index contributed by atoms with van der Waals surface area (Å²) in [5.74, 6) is 1.19. The van der Waals surface area contributed by atoms with Gasteiger partial charge in [-0.3, -0.25) is 5.10 Å². The molecule has 120 valence electrons. The maximum atomic E-state index is 12.1. The Labute approximate surface area is 131 Å². The Kier molecular flexibility index (Phi) is 5.56. The maximum absolute atomic E-state index is 12.1. The Bertz CT molecular complexity index is 620. The predicted octanol–water partition coefficient (Wildman–Crippen LogP) is 2.27. The third-order valence-electron chi connectivity index (χ3n) is 4.03. The van der Waals surface area contributed by atoms with Crippen molar-refractivity contribution in [3.05, 3.63) is 10.6 Å². The van der Waals surface area contributed by atoms with Crippen LogP contribution in [0.4, 0.5) is 0 Å². The maximum Gasteiger partial charge on any atom is 0.213 e. The minimum Gasteiger partial charge on any atom is -0.304 e. The molecule has 2 heterocycles. The molecule has 0 bridgehead atoms. The summed E-state index contributed by atoms with van der Waals surface area (Å²) in [5.41, 5.74) is 0. The van der Waals surface area contributed by atoms with Crippen molar-refractivity contribution in [2.24, 2.45) is 0 Å². The molecular formula is C13H24N4O2S2. The lowest BCUT2D eigenvalue weighted by atomic mass is 9.99. The zero-order valence-electron chi connectivity index (χ0n) is 12.7. The van der Waals surface area contributed by atoms with Crippen LogP contribution in [0.1, 0.15) is 51.3 Å². The first-order valence-electron chi connectivity index (χ1n) is 7.62. The Hall–Kier alpha value is -0.730. The van der Waals surface area contributed by atoms with Gasteiger partial charge < -0.3 is 4.57 Å². The molecule has 6 nitrogen and oxygen atoms in total. The monoisotopic (exact) mass is 332 g/mol. The van der Waals surface area contributed by atoms with E-state index in [1.807, 2.05) is 4.57 Å². The Balaban J connectivity index is 2.20. The van der Waals surface area contributed by atoms with E-state index < -0.39 is 10.0 Å². The Morgan fingerprint density at radius 3 is 2.86 bits per heavy atom. The van der Waals surface area contributed by atoms with Crippen LogP contribution in [0, 0.1) is 4.77 Å². The average molecular weight is 332 g/mol. The highest BCUT2D eigenvalue weighted by molar-refractivity contribution is 7.89. The van der Waals surface area contributed by atoms with Crippen LogP contribution in [-0.2, 0) is 16.6 Å². The van der Waals surface area contributed by atoms with E-state index in [1.165, 1.54) is 0 Å². The lowest BCUT2D eigenvalue weighted by Crippen LogP contribution is -2.40. The molecule has 21 heavy (non-hydrogen) atoms. The van der Waals surface area contributed by atoms with Crippen LogP contribution in [0.15, 0.2) is 0 Å². The number of aromatic amines is 1. The summed E-state index contributed by atoms with van der Waals surface area (Å²) in [6, 6.07) is 0. The third-order valence-corrected chi connectivity index (χ3v) is 6.19. The fourth-order valence-corrected chi connectivity index (χ4v) is 4.17. The topological polar surface area (TPSA) is 71.0 Å². The van der Waals surface area contributed by atoms with E-state index >= 15 is 0 Å². The van der Waals surface area contributed by atoms with Gasteiger partial charge in [-0.15, -0.1) is 0 Å². The van der Waals surface area contributed by atoms with E-state index in [0.29, 0.717) is 17.9 Å². The van der Waals surface area contributed by atoms with Crippen molar-refractivity contribution in [3.8, 4) is 0 Å². The first-order valence-corrected chi connectivity index (χ1v) is 9.64. The van der Waals surface area contributed by atoms with Crippen LogP contribution >= 0.6 is 12.2 Å². The van der Waals surface area contributed by atoms with E-state index in [4.69, 9.17) is 12.2 Å². The van der Waals surface area contributed by atoms with Gasteiger partial charge in [-0.2, -0.15) is 5.10 Å². The number of nitrogens with one attached hydrogen (secondary N) is 1. The third kappa shape index (κ3) is 3.73. The molecule has 1 saturated heterocycles. The van der Waals surface area contributed by atoms with E-state index in [0.717, 1.165) is 38.1 Å². The number of rotatable bonds is 6. The van der Waals surface area contributed by atoms with Crippen molar-refractivity contribution >= 4 is 22.2 Å². The fraction of sp³-hybridized carbons (Fsp3) is 0.846. The zero-order valence-corrected chi connectivity index (χ0v) is 14.3. The molecule has 1 fully saturated rings. The summed E-state index contributed by atoms with van der Waals surface area (Å²) in [6.07, 6.45) is 3.97. The van der Waals surface area contributed by atoms with E-state index in [1.54, 1.807) is 11.2 Å². The molecule has 0 saturated carbocycles. The lowest BCUT2D eigenvalue weighted by Gasteiger charge is -2.31. The SMILES string of the molecule is CCCCn1c(C2CCCN(S(=O)(=O)CC)C2)n[nH]c1=S. The van der Waals surface area contributed by atoms with E-state index in [2.05, 4.69) is 17.1 Å². The molecule has 0 aliphatic carbocycles. The predicted molar refractivity (Wildman–Crippen MR) is 85.3 cm³/mol. The fourth-order valence-electron chi connectivity index (χ4n) is 2.76. The molecule has 0 spiro atoms. The number of piperidine rings is 1. The minimum atomic E-state index is -3.13. The van der Waals surface area contributed by atoms with Gasteiger partial charge in [-0.05, 0) is 38.4 Å². The van der Waals surface area contributed by atoms with Crippen molar-refractivity contribution in [1.29, 1.82) is 0 Å². The molecule has 1 unspecified atom stereocenters. The van der Waals surface area contributed by atoms with Crippen molar-refractivity contribution in [1.82, 2.24) is 19.1 Å². The van der Waals surface area contributed by atoms with Gasteiger partial charge in [-0.25, -0.2) is 12.7 Å². The van der Waals surface area contributed by atoms with E-state index in [-0.39, 0.29) is 11.7 Å². The first kappa shape index (κ1) is 16.6. The molecule has 1 atom stereocenters. The molecular weight excluding hydrogens is 308 g/mol. The lowest BCUT2D eigenvalue weighted by molar-refractivity contribution is 0.304. The highest BCUT2D eigenvalue weighted by Crippen LogP contribution is 2.27. The molecule has 0 amide bonds. The molecule has 0 aromatic carbocycles. The number of hydrogen-bond acceptors (Lipinski definition) is 4. The van der Waals surface area contributed by atoms with Gasteiger partial charge in [-0.1, -0.05) is 13.3 Å². The summed E-state index contributed by atoms with van der Waals surface area (Å²) >= 11 is 5.29. The second-order valence-corrected chi connectivity index (χ2v) is 8.13. The van der Waals surface area contributed by atoms with Gasteiger partial charge in [0.15, 0.2) is 4.77 Å². The summed E-state index contributed by atoms with van der Waals surface area (Å²) in [6.45, 7) is 5.81. The van der Waals surface area contributed by atoms with Crippen LogP contribution < -0.4 is 0 Å². The average Bonchev–Trinajstić information content (AvgIpc) is 2.86. The number of hydrogen-bond donors (Lipinski definition) is 1. The van der Waals surface area contributed by atoms with Crippen molar-refractivity contribution in [3.63, 3.8) is 0 Å². The Morgan fingerprint density at radius 1 is 1.43 bits per heavy atom. The molecule has 1 N–H and O–H groups in total. The molecule has 1 aromatic rings. The number of aromatic nitrogens is 3. The number of sulfonamides is 1. The largest absolute Gasteiger partial charge is 0.304 e. The van der Waals surface area contributed by atoms with Crippen LogP contribution in [0.3, 0.4) is 0 Å². The van der Waals surface area contributed by atoms with Gasteiger partial charge in [0, 0.05) is 25.6 Å². The summed E-state index contributed by atoms with van der Waals surface area (Å²) in [5, 5.41) is 7.22. The van der Waals surface area contributed by atoms with Gasteiger partial charge in [0.2, 0.25) is 10.0 Å². The van der Waals surface area contributed by atoms with Gasteiger partial charge >= 0.3 is 0 Å². The van der Waals surface area contributed by atoms with Crippen LogP contribution in [0.2, 0.25) is 0 Å². The summed E-state index contributed by atoms with van der Waals surface area (Å²) in [4.78, 5) is 0. The molecule has 8 heteroatoms. The second kappa shape index (κ2) is 7.02. The van der Waals surface area contributed by atoms with E-state index in [9.17, 15) is 8.42 Å². The standard InChI is InChI=1S/C13H24N4O2S2/c1-3-5-9-17-12(14-15-13(17)20)11-7-6-8-16(10-11)21(18,19)4-2/h11H,3-10H2,1-2H3,(H,15,20). The normalized spacial score (nSPS) is 20.8. The molecule has 0 radical (unpaired) electrons. The molecule has 1 aliphatic heterocycles. The number of unbranched alkanes of at least 4 members (excludes halogenated alkanes) is 1. The highest BCUT2D eigenvalue weighted by Gasteiger charge is 2.30. The van der Waals surface area contributed by atoms with Crippen LogP contribution in [0.25, 0.3) is 0 Å². The molecule has 1 aromatic heterocycles. The number of H-pyrrole nitrogens is 1. The highest BCUT2D eigenvalue weighted by atomic mass is 32.2. The zero-order chi connectivity index (χ0) is 15.5. The van der Waals surface area contributed by atoms with Crippen molar-refractivity contribution in [2.75, 3.05) is 18.8 Å². The van der Waals surface area contributed by atoms with Crippen molar-refractivity contribution in [2.45, 2.75) is 52.0 Å². The number of nitrogens with zero attached hydrogens (tertiary/aromatic N) is 3. The van der Waals surface area contributed by atoms with Crippen LogP contribution in [-0.4, -0.2) is 46.3 Å². The molecule has 2 rings (SSSR count). The quantitative estimate of drug-likeness (QED) is 0.811. The summed E-state index contributed by atoms with van der Waals surface area (Å²) < 4.78 is 28.4. The first-order chi connectivity index (χ1) is 9.99. The smallest absolute Gasteiger partial charge is 0.213 e. The minimum absolute atomic E-state index is 0.130. The van der Waals surface area contributed by atoms with Gasteiger partial charge in [0.1, 0.15) is 5.82 Å². The second-order valence-electron chi connectivity index (χ2n) is 5.49. The summed E-state index contributed by atoms with van der Waals surface area (Å²) in [7, 11) is -3.13. The van der Waals surface area contributed by atoms with Gasteiger partial charge in [0.05, 0.1) is 5.75 Å². The van der Waals surface area contributed by atoms with Gasteiger partial charge in [0.25, 0.3) is 0 Å². The van der Waals surface area contributed by atoms with Crippen molar-refractivity contribution < 1.29 is 8.42 Å². The Morgan fingerprint density at radius 2 is 2.19 bits per heavy atom. The molecule has 1 aliphatic rings. The van der Waals surface area contributed by atoms with Crippen LogP contribution in [0.5, 0.6) is 0 Å².